The Morgan fingerprint density at radius 2 is 1.78 bits per heavy atom. The van der Waals surface area contributed by atoms with E-state index in [1.54, 1.807) is 6.92 Å². The fourth-order valence-corrected chi connectivity index (χ4v) is 2.70. The van der Waals surface area contributed by atoms with E-state index in [1.165, 1.54) is 14.0 Å². The van der Waals surface area contributed by atoms with Crippen LogP contribution in [0.4, 0.5) is 0 Å². The number of amides is 1. The van der Waals surface area contributed by atoms with Crippen molar-refractivity contribution in [1.82, 2.24) is 5.32 Å². The molecule has 1 aliphatic carbocycles. The second-order valence-electron chi connectivity index (χ2n) is 6.11. The SMILES string of the molecule is CO[C@@H](C1=CC(=O)C=C(NC(C)=O)C1=O)[C@@H](C)C(=O)OCc1ccccc1. The third kappa shape index (κ3) is 5.21. The van der Waals surface area contributed by atoms with E-state index in [0.29, 0.717) is 0 Å². The maximum absolute atomic E-state index is 12.6. The van der Waals surface area contributed by atoms with E-state index in [-0.39, 0.29) is 17.9 Å². The van der Waals surface area contributed by atoms with Crippen LogP contribution in [0, 0.1) is 5.92 Å². The molecule has 1 aromatic carbocycles. The molecule has 0 saturated heterocycles. The van der Waals surface area contributed by atoms with E-state index in [1.807, 2.05) is 30.3 Å². The first-order valence-electron chi connectivity index (χ1n) is 8.36. The number of ketones is 2. The normalized spacial score (nSPS) is 16.1. The molecule has 7 heteroatoms. The third-order valence-corrected chi connectivity index (χ3v) is 4.01. The lowest BCUT2D eigenvalue weighted by Crippen LogP contribution is -2.38. The van der Waals surface area contributed by atoms with Gasteiger partial charge in [0.25, 0.3) is 0 Å². The highest BCUT2D eigenvalue weighted by atomic mass is 16.5. The number of ether oxygens (including phenoxy) is 2. The van der Waals surface area contributed by atoms with Gasteiger partial charge in [0.2, 0.25) is 11.7 Å². The van der Waals surface area contributed by atoms with E-state index >= 15 is 0 Å². The van der Waals surface area contributed by atoms with Crippen molar-refractivity contribution in [2.24, 2.45) is 5.92 Å². The summed E-state index contributed by atoms with van der Waals surface area (Å²) in [6, 6.07) is 9.16. The molecule has 0 saturated carbocycles. The summed E-state index contributed by atoms with van der Waals surface area (Å²) in [6.07, 6.45) is 1.17. The zero-order valence-electron chi connectivity index (χ0n) is 15.4. The van der Waals surface area contributed by atoms with Gasteiger partial charge >= 0.3 is 5.97 Å². The molecule has 27 heavy (non-hydrogen) atoms. The quantitative estimate of drug-likeness (QED) is 0.576. The van der Waals surface area contributed by atoms with Crippen molar-refractivity contribution in [3.8, 4) is 0 Å². The molecule has 1 N–H and O–H groups in total. The van der Waals surface area contributed by atoms with Crippen LogP contribution < -0.4 is 5.32 Å². The molecule has 0 aliphatic heterocycles. The van der Waals surface area contributed by atoms with E-state index in [9.17, 15) is 19.2 Å². The maximum Gasteiger partial charge on any atom is 0.311 e. The highest BCUT2D eigenvalue weighted by molar-refractivity contribution is 6.21. The Kier molecular flexibility index (Phi) is 6.79. The molecule has 2 atom stereocenters. The van der Waals surface area contributed by atoms with Crippen molar-refractivity contribution in [2.45, 2.75) is 26.6 Å². The average molecular weight is 371 g/mol. The molecular formula is C20H21NO6. The molecule has 0 fully saturated rings. The molecular weight excluding hydrogens is 350 g/mol. The number of methoxy groups -OCH3 is 1. The number of nitrogens with one attached hydrogen (secondary N) is 1. The summed E-state index contributed by atoms with van der Waals surface area (Å²) in [7, 11) is 1.33. The number of hydrogen-bond donors (Lipinski definition) is 1. The van der Waals surface area contributed by atoms with E-state index in [2.05, 4.69) is 5.32 Å². The van der Waals surface area contributed by atoms with Crippen LogP contribution in [0.15, 0.2) is 53.8 Å². The van der Waals surface area contributed by atoms with Crippen molar-refractivity contribution in [3.05, 3.63) is 59.3 Å². The van der Waals surface area contributed by atoms with Crippen LogP contribution in [-0.4, -0.2) is 36.7 Å². The number of rotatable bonds is 7. The molecule has 0 spiro atoms. The Morgan fingerprint density at radius 3 is 2.37 bits per heavy atom. The van der Waals surface area contributed by atoms with Gasteiger partial charge in [-0.05, 0) is 18.6 Å². The maximum atomic E-state index is 12.6. The van der Waals surface area contributed by atoms with Gasteiger partial charge in [-0.2, -0.15) is 0 Å². The lowest BCUT2D eigenvalue weighted by atomic mass is 9.89. The second kappa shape index (κ2) is 9.05. The minimum atomic E-state index is -0.984. The summed E-state index contributed by atoms with van der Waals surface area (Å²) >= 11 is 0. The number of carbonyl (C=O) groups excluding carboxylic acids is 4. The Morgan fingerprint density at radius 1 is 1.11 bits per heavy atom. The van der Waals surface area contributed by atoms with Gasteiger partial charge in [0.15, 0.2) is 5.78 Å². The Bertz CT molecular complexity index is 809. The molecule has 2 rings (SSSR count). The number of esters is 1. The molecule has 0 radical (unpaired) electrons. The summed E-state index contributed by atoms with van der Waals surface area (Å²) in [6.45, 7) is 2.87. The van der Waals surface area contributed by atoms with Crippen LogP contribution in [0.5, 0.6) is 0 Å². The van der Waals surface area contributed by atoms with Crippen LogP contribution in [0.1, 0.15) is 19.4 Å². The molecule has 0 heterocycles. The van der Waals surface area contributed by atoms with Crippen LogP contribution in [0.25, 0.3) is 0 Å². The fraction of sp³-hybridized carbons (Fsp3) is 0.300. The molecule has 1 aromatic rings. The smallest absolute Gasteiger partial charge is 0.311 e. The zero-order valence-corrected chi connectivity index (χ0v) is 15.4. The third-order valence-electron chi connectivity index (χ3n) is 4.01. The van der Waals surface area contributed by atoms with Crippen LogP contribution in [-0.2, 0) is 35.3 Å². The Hall–Kier alpha value is -3.06. The summed E-state index contributed by atoms with van der Waals surface area (Å²) < 4.78 is 10.6. The fourth-order valence-electron chi connectivity index (χ4n) is 2.70. The lowest BCUT2D eigenvalue weighted by molar-refractivity contribution is -0.153. The first-order valence-corrected chi connectivity index (χ1v) is 8.36. The highest BCUT2D eigenvalue weighted by Crippen LogP contribution is 2.23. The van der Waals surface area contributed by atoms with E-state index in [4.69, 9.17) is 9.47 Å². The van der Waals surface area contributed by atoms with Crippen molar-refractivity contribution in [1.29, 1.82) is 0 Å². The van der Waals surface area contributed by atoms with Crippen molar-refractivity contribution < 1.29 is 28.7 Å². The standard InChI is InChI=1S/C20H21NO6/c1-12(20(25)27-11-14-7-5-4-6-8-14)19(26-3)16-9-15(23)10-17(18(16)24)21-13(2)22/h4-10,12,19H,11H2,1-3H3,(H,21,22)/t12-,19-/m1/s1. The number of Topliss-reactive ketones (excluding diaryl/α,β-unsaturated/α-hetero) is 1. The topological polar surface area (TPSA) is 98.8 Å². The van der Waals surface area contributed by atoms with Crippen LogP contribution in [0.2, 0.25) is 0 Å². The first kappa shape index (κ1) is 20.3. The average Bonchev–Trinajstić information content (AvgIpc) is 2.64. The Balaban J connectivity index is 2.12. The number of benzene rings is 1. The minimum Gasteiger partial charge on any atom is -0.461 e. The summed E-state index contributed by atoms with van der Waals surface area (Å²) in [5.41, 5.74) is 0.681. The predicted octanol–water partition coefficient (Wildman–Crippen LogP) is 1.48. The molecule has 7 nitrogen and oxygen atoms in total. The molecule has 0 aromatic heterocycles. The van der Waals surface area contributed by atoms with Crippen molar-refractivity contribution >= 4 is 23.4 Å². The second-order valence-corrected chi connectivity index (χ2v) is 6.11. The van der Waals surface area contributed by atoms with Gasteiger partial charge in [-0.1, -0.05) is 30.3 Å². The van der Waals surface area contributed by atoms with Crippen molar-refractivity contribution in [2.75, 3.05) is 7.11 Å². The largest absolute Gasteiger partial charge is 0.461 e. The van der Waals surface area contributed by atoms with Gasteiger partial charge in [-0.15, -0.1) is 0 Å². The van der Waals surface area contributed by atoms with Gasteiger partial charge in [0, 0.05) is 25.7 Å². The zero-order chi connectivity index (χ0) is 20.0. The highest BCUT2D eigenvalue weighted by Gasteiger charge is 2.35. The molecule has 0 bridgehead atoms. The summed E-state index contributed by atoms with van der Waals surface area (Å²) in [4.78, 5) is 48.1. The lowest BCUT2D eigenvalue weighted by Gasteiger charge is -2.25. The number of carbonyl (C=O) groups is 4. The van der Waals surface area contributed by atoms with Gasteiger partial charge in [0.05, 0.1) is 17.7 Å². The molecule has 1 amide bonds. The van der Waals surface area contributed by atoms with Crippen LogP contribution in [0.3, 0.4) is 0 Å². The van der Waals surface area contributed by atoms with E-state index in [0.717, 1.165) is 17.7 Å². The van der Waals surface area contributed by atoms with Gasteiger partial charge < -0.3 is 14.8 Å². The van der Waals surface area contributed by atoms with Gasteiger partial charge in [-0.3, -0.25) is 19.2 Å². The van der Waals surface area contributed by atoms with Crippen LogP contribution >= 0.6 is 0 Å². The monoisotopic (exact) mass is 371 g/mol. The van der Waals surface area contributed by atoms with Crippen molar-refractivity contribution in [3.63, 3.8) is 0 Å². The summed E-state index contributed by atoms with van der Waals surface area (Å²) in [5.74, 6) is -2.92. The van der Waals surface area contributed by atoms with Gasteiger partial charge in [0.1, 0.15) is 6.61 Å². The Labute approximate surface area is 157 Å². The van der Waals surface area contributed by atoms with E-state index < -0.39 is 35.5 Å². The predicted molar refractivity (Wildman–Crippen MR) is 96.2 cm³/mol. The minimum absolute atomic E-state index is 0.00193. The van der Waals surface area contributed by atoms with Gasteiger partial charge in [-0.25, -0.2) is 0 Å². The number of allylic oxidation sites excluding steroid dienone is 3. The number of hydrogen-bond acceptors (Lipinski definition) is 6. The molecule has 1 aliphatic rings. The first-order chi connectivity index (χ1) is 12.8. The molecule has 142 valence electrons. The summed E-state index contributed by atoms with van der Waals surface area (Å²) in [5, 5.41) is 2.32. The molecule has 0 unspecified atom stereocenters.